The lowest BCUT2D eigenvalue weighted by Crippen LogP contribution is -2.26. The molecule has 0 spiro atoms. The molecule has 1 aliphatic carbocycles. The lowest BCUT2D eigenvalue weighted by molar-refractivity contribution is -0.120. The molecular formula is C22H22ClN7O2. The Morgan fingerprint density at radius 2 is 2.00 bits per heavy atom. The van der Waals surface area contributed by atoms with E-state index in [4.69, 9.17) is 11.6 Å². The summed E-state index contributed by atoms with van der Waals surface area (Å²) in [4.78, 5) is 32.9. The van der Waals surface area contributed by atoms with Crippen LogP contribution in [0.5, 0.6) is 0 Å². The van der Waals surface area contributed by atoms with Gasteiger partial charge >= 0.3 is 0 Å². The van der Waals surface area contributed by atoms with E-state index in [0.717, 1.165) is 25.7 Å². The van der Waals surface area contributed by atoms with E-state index in [1.807, 2.05) is 13.0 Å². The first-order chi connectivity index (χ1) is 15.5. The molecule has 4 aromatic rings. The number of hydrogen-bond acceptors (Lipinski definition) is 5. The maximum absolute atomic E-state index is 12.8. The summed E-state index contributed by atoms with van der Waals surface area (Å²) in [7, 11) is 0. The summed E-state index contributed by atoms with van der Waals surface area (Å²) in [6.45, 7) is 1.82. The van der Waals surface area contributed by atoms with Gasteiger partial charge in [-0.05, 0) is 38.0 Å². The molecule has 10 heteroatoms. The third-order valence-electron chi connectivity index (χ3n) is 5.74. The Kier molecular flexibility index (Phi) is 5.26. The zero-order valence-corrected chi connectivity index (χ0v) is 18.3. The second-order valence-electron chi connectivity index (χ2n) is 8.07. The summed E-state index contributed by atoms with van der Waals surface area (Å²) >= 11 is 6.12. The number of fused-ring (bicyclic) bond motifs is 1. The summed E-state index contributed by atoms with van der Waals surface area (Å²) in [5.41, 5.74) is 1.38. The number of aryl methyl sites for hydroxylation is 1. The minimum absolute atomic E-state index is 0.00819. The van der Waals surface area contributed by atoms with Gasteiger partial charge in [-0.3, -0.25) is 14.6 Å². The number of H-pyrrole nitrogens is 1. The molecule has 1 amide bonds. The molecule has 164 valence electrons. The van der Waals surface area contributed by atoms with Crippen LogP contribution in [0.2, 0.25) is 5.02 Å². The van der Waals surface area contributed by atoms with Gasteiger partial charge in [-0.2, -0.15) is 19.9 Å². The van der Waals surface area contributed by atoms with Crippen LogP contribution < -0.4 is 10.9 Å². The molecule has 0 atom stereocenters. The fourth-order valence-electron chi connectivity index (χ4n) is 4.15. The van der Waals surface area contributed by atoms with Gasteiger partial charge in [-0.15, -0.1) is 0 Å². The normalized spacial score (nSPS) is 14.7. The van der Waals surface area contributed by atoms with Crippen LogP contribution in [-0.4, -0.2) is 35.4 Å². The smallest absolute Gasteiger partial charge is 0.263 e. The fraction of sp³-hybridized carbons (Fsp3) is 0.318. The number of carbonyl (C=O) groups is 1. The van der Waals surface area contributed by atoms with Crippen LogP contribution in [0, 0.1) is 12.8 Å². The number of aromatic amines is 1. The van der Waals surface area contributed by atoms with Crippen LogP contribution >= 0.6 is 11.6 Å². The number of hydrogen-bond donors (Lipinski definition) is 2. The number of anilines is 1. The molecule has 5 rings (SSSR count). The minimum atomic E-state index is -0.351. The molecule has 1 aromatic carbocycles. The maximum Gasteiger partial charge on any atom is 0.263 e. The van der Waals surface area contributed by atoms with Gasteiger partial charge < -0.3 is 5.32 Å². The van der Waals surface area contributed by atoms with Gasteiger partial charge in [0.1, 0.15) is 11.2 Å². The first-order valence-corrected chi connectivity index (χ1v) is 11.0. The number of amides is 1. The van der Waals surface area contributed by atoms with Crippen LogP contribution in [0.4, 0.5) is 5.82 Å². The summed E-state index contributed by atoms with van der Waals surface area (Å²) in [5.74, 6) is 0.622. The minimum Gasteiger partial charge on any atom is -0.310 e. The maximum atomic E-state index is 12.8. The second kappa shape index (κ2) is 8.23. The summed E-state index contributed by atoms with van der Waals surface area (Å²) in [6.07, 6.45) is 6.54. The topological polar surface area (TPSA) is 110 Å². The number of aromatic nitrogens is 6. The quantitative estimate of drug-likeness (QED) is 0.490. The van der Waals surface area contributed by atoms with Crippen molar-refractivity contribution in [2.24, 2.45) is 5.92 Å². The molecule has 1 aliphatic rings. The van der Waals surface area contributed by atoms with E-state index in [0.29, 0.717) is 33.3 Å². The molecule has 9 nitrogen and oxygen atoms in total. The van der Waals surface area contributed by atoms with Gasteiger partial charge in [0, 0.05) is 17.0 Å². The third kappa shape index (κ3) is 3.80. The van der Waals surface area contributed by atoms with E-state index >= 15 is 0 Å². The van der Waals surface area contributed by atoms with Gasteiger partial charge in [0.25, 0.3) is 5.56 Å². The summed E-state index contributed by atoms with van der Waals surface area (Å²) < 4.78 is 3.00. The Balaban J connectivity index is 1.56. The fourth-order valence-corrected chi connectivity index (χ4v) is 4.33. The Bertz CT molecular complexity index is 1360. The number of nitrogens with zero attached hydrogens (tertiary/aromatic N) is 5. The zero-order valence-electron chi connectivity index (χ0n) is 17.5. The summed E-state index contributed by atoms with van der Waals surface area (Å²) in [5, 5.41) is 12.6. The SMILES string of the molecule is Cc1cc(NC(=O)C2CCCCC2)n(-c2nc3c(cnn3-c3cccc(Cl)c3)c(=O)[nH]2)n1. The highest BCUT2D eigenvalue weighted by Crippen LogP contribution is 2.26. The van der Waals surface area contributed by atoms with Gasteiger partial charge in [0.15, 0.2) is 5.65 Å². The predicted octanol–water partition coefficient (Wildman–Crippen LogP) is 3.78. The van der Waals surface area contributed by atoms with Crippen LogP contribution in [0.15, 0.2) is 41.3 Å². The van der Waals surface area contributed by atoms with E-state index in [2.05, 4.69) is 25.5 Å². The van der Waals surface area contributed by atoms with Crippen molar-refractivity contribution in [1.29, 1.82) is 0 Å². The number of carbonyl (C=O) groups excluding carboxylic acids is 1. The average Bonchev–Trinajstić information content (AvgIpc) is 3.38. The standard InChI is InChI=1S/C22H22ClN7O2/c1-13-10-18(25-20(31)14-6-3-2-4-7-14)30(28-13)22-26-19-17(21(32)27-22)12-24-29(19)16-9-5-8-15(23)11-16/h5,8-12,14H,2-4,6-7H2,1H3,(H,25,31)(H,26,27,32). The molecule has 0 bridgehead atoms. The van der Waals surface area contributed by atoms with Gasteiger partial charge in [-0.25, -0.2) is 4.68 Å². The Hall–Kier alpha value is -3.46. The predicted molar refractivity (Wildman–Crippen MR) is 122 cm³/mol. The molecule has 0 radical (unpaired) electrons. The van der Waals surface area contributed by atoms with Crippen molar-refractivity contribution in [3.8, 4) is 11.6 Å². The largest absolute Gasteiger partial charge is 0.310 e. The molecule has 0 unspecified atom stereocenters. The van der Waals surface area contributed by atoms with Crippen LogP contribution in [0.3, 0.4) is 0 Å². The first-order valence-electron chi connectivity index (χ1n) is 10.6. The van der Waals surface area contributed by atoms with E-state index < -0.39 is 0 Å². The van der Waals surface area contributed by atoms with E-state index in [-0.39, 0.29) is 23.3 Å². The molecule has 2 N–H and O–H groups in total. The molecule has 1 fully saturated rings. The number of halogens is 1. The van der Waals surface area contributed by atoms with Crippen molar-refractivity contribution in [2.45, 2.75) is 39.0 Å². The highest BCUT2D eigenvalue weighted by molar-refractivity contribution is 6.30. The monoisotopic (exact) mass is 451 g/mol. The lowest BCUT2D eigenvalue weighted by Gasteiger charge is -2.20. The van der Waals surface area contributed by atoms with Gasteiger partial charge in [0.05, 0.1) is 17.6 Å². The zero-order chi connectivity index (χ0) is 22.2. The van der Waals surface area contributed by atoms with Gasteiger partial charge in [-0.1, -0.05) is 36.9 Å². The highest BCUT2D eigenvalue weighted by atomic mass is 35.5. The Morgan fingerprint density at radius 3 is 2.78 bits per heavy atom. The van der Waals surface area contributed by atoms with Crippen molar-refractivity contribution in [1.82, 2.24) is 29.5 Å². The van der Waals surface area contributed by atoms with E-state index in [1.165, 1.54) is 17.3 Å². The van der Waals surface area contributed by atoms with Crippen molar-refractivity contribution in [3.05, 3.63) is 57.6 Å². The van der Waals surface area contributed by atoms with Crippen molar-refractivity contribution < 1.29 is 4.79 Å². The average molecular weight is 452 g/mol. The van der Waals surface area contributed by atoms with Crippen molar-refractivity contribution >= 4 is 34.4 Å². The van der Waals surface area contributed by atoms with Crippen LogP contribution in [0.1, 0.15) is 37.8 Å². The Morgan fingerprint density at radius 1 is 1.19 bits per heavy atom. The number of benzene rings is 1. The number of rotatable bonds is 4. The van der Waals surface area contributed by atoms with Crippen LogP contribution in [-0.2, 0) is 4.79 Å². The molecule has 3 heterocycles. The molecular weight excluding hydrogens is 430 g/mol. The molecule has 3 aromatic heterocycles. The molecule has 32 heavy (non-hydrogen) atoms. The van der Waals surface area contributed by atoms with E-state index in [9.17, 15) is 9.59 Å². The number of nitrogens with one attached hydrogen (secondary N) is 2. The highest BCUT2D eigenvalue weighted by Gasteiger charge is 2.23. The molecule has 0 aliphatic heterocycles. The van der Waals surface area contributed by atoms with Crippen molar-refractivity contribution in [2.75, 3.05) is 5.32 Å². The Labute approximate surface area is 188 Å². The second-order valence-corrected chi connectivity index (χ2v) is 8.51. The van der Waals surface area contributed by atoms with Crippen molar-refractivity contribution in [3.63, 3.8) is 0 Å². The third-order valence-corrected chi connectivity index (χ3v) is 5.97. The molecule has 1 saturated carbocycles. The van der Waals surface area contributed by atoms with Crippen LogP contribution in [0.25, 0.3) is 22.7 Å². The van der Waals surface area contributed by atoms with E-state index in [1.54, 1.807) is 28.9 Å². The summed E-state index contributed by atoms with van der Waals surface area (Å²) in [6, 6.07) is 8.89. The first kappa shape index (κ1) is 20.4. The van der Waals surface area contributed by atoms with Gasteiger partial charge in [0.2, 0.25) is 11.9 Å². The lowest BCUT2D eigenvalue weighted by atomic mass is 9.89. The molecule has 0 saturated heterocycles.